The summed E-state index contributed by atoms with van der Waals surface area (Å²) >= 11 is 5.26. The van der Waals surface area contributed by atoms with Crippen LogP contribution in [0.5, 0.6) is 0 Å². The lowest BCUT2D eigenvalue weighted by Crippen LogP contribution is -2.41. The number of hydrogen-bond acceptors (Lipinski definition) is 12. The Hall–Kier alpha value is -1.32. The van der Waals surface area contributed by atoms with E-state index in [2.05, 4.69) is 15.0 Å². The van der Waals surface area contributed by atoms with Crippen LogP contribution in [0.1, 0.15) is 18.2 Å². The van der Waals surface area contributed by atoms with Gasteiger partial charge < -0.3 is 20.2 Å². The Morgan fingerprint density at radius 2 is 2.03 bits per heavy atom. The maximum Gasteiger partial charge on any atom is 0.573 e. The van der Waals surface area contributed by atoms with Crippen molar-refractivity contribution in [1.29, 1.82) is 0 Å². The summed E-state index contributed by atoms with van der Waals surface area (Å²) in [4.78, 5) is 22.6. The van der Waals surface area contributed by atoms with Gasteiger partial charge in [-0.25, -0.2) is 9.97 Å². The van der Waals surface area contributed by atoms with Gasteiger partial charge in [-0.1, -0.05) is 64.1 Å². The minimum atomic E-state index is -3.56. The molecule has 0 saturated carbocycles. The number of nitrogens with one attached hydrogen (secondary N) is 1. The molecule has 3 aromatic rings. The van der Waals surface area contributed by atoms with Gasteiger partial charge in [-0.2, -0.15) is 9.42 Å². The molecule has 11 nitrogen and oxygen atoms in total. The minimum absolute atomic E-state index is 0.155. The summed E-state index contributed by atoms with van der Waals surface area (Å²) in [6.45, 7) is 0.624. The Morgan fingerprint density at radius 1 is 1.22 bits per heavy atom. The maximum absolute atomic E-state index is 11.2. The molecule has 0 amide bonds. The van der Waals surface area contributed by atoms with Crippen LogP contribution in [-0.2, 0) is 29.7 Å². The van der Waals surface area contributed by atoms with Gasteiger partial charge in [0, 0.05) is 17.9 Å². The van der Waals surface area contributed by atoms with E-state index in [-0.39, 0.29) is 30.9 Å². The van der Waals surface area contributed by atoms with E-state index in [0.717, 1.165) is 11.3 Å². The lowest BCUT2D eigenvalue weighted by Gasteiger charge is -2.33. The molecule has 192 valence electrons. The molecule has 1 aromatic carbocycles. The molecule has 3 aliphatic heterocycles. The van der Waals surface area contributed by atoms with Crippen molar-refractivity contribution in [3.05, 3.63) is 46.9 Å². The largest absolute Gasteiger partial charge is 0.573 e. The van der Waals surface area contributed by atoms with Gasteiger partial charge in [0.05, 0.1) is 19.0 Å². The third-order valence-electron chi connectivity index (χ3n) is 6.16. The molecule has 2 aromatic heterocycles. The molecule has 3 saturated heterocycles. The molecule has 0 spiro atoms. The monoisotopic (exact) mass is 570 g/mol. The molecule has 3 aliphatic rings. The van der Waals surface area contributed by atoms with E-state index >= 15 is 0 Å². The van der Waals surface area contributed by atoms with Crippen LogP contribution in [0.4, 0.5) is 5.95 Å². The van der Waals surface area contributed by atoms with Crippen molar-refractivity contribution >= 4 is 59.1 Å². The fourth-order valence-electron chi connectivity index (χ4n) is 4.38. The van der Waals surface area contributed by atoms with Crippen molar-refractivity contribution in [2.45, 2.75) is 43.7 Å². The number of nitrogen functional groups attached to an aromatic ring is 1. The minimum Gasteiger partial charge on any atom is -0.370 e. The van der Waals surface area contributed by atoms with Gasteiger partial charge in [-0.15, -0.1) is 9.05 Å². The second kappa shape index (κ2) is 10.4. The quantitative estimate of drug-likeness (QED) is 0.226. The predicted octanol–water partition coefficient (Wildman–Crippen LogP) is 3.81. The average molecular weight is 571 g/mol. The summed E-state index contributed by atoms with van der Waals surface area (Å²) < 4.78 is 32.3. The van der Waals surface area contributed by atoms with Crippen LogP contribution in [0.3, 0.4) is 0 Å². The Morgan fingerprint density at radius 3 is 2.86 bits per heavy atom. The van der Waals surface area contributed by atoms with Gasteiger partial charge in [0.15, 0.2) is 10.6 Å². The molecule has 4 N–H and O–H groups in total. The van der Waals surface area contributed by atoms with Gasteiger partial charge >= 0.3 is 8.17 Å². The van der Waals surface area contributed by atoms with Crippen LogP contribution in [0, 0.1) is 4.64 Å². The zero-order chi connectivity index (χ0) is 24.7. The topological polar surface area (TPSA) is 139 Å². The molecule has 6 rings (SSSR count). The smallest absolute Gasteiger partial charge is 0.370 e. The van der Waals surface area contributed by atoms with Crippen LogP contribution >= 0.6 is 42.0 Å². The molecule has 1 unspecified atom stereocenters. The number of nitrogens with two attached hydrogens (primary N) is 1. The second-order valence-electron chi connectivity index (χ2n) is 8.60. The molecule has 6 atom stereocenters. The van der Waals surface area contributed by atoms with Gasteiger partial charge in [-0.3, -0.25) is 4.57 Å². The number of ether oxygens (including phenoxy) is 2. The summed E-state index contributed by atoms with van der Waals surface area (Å²) in [5.41, 5.74) is 8.08. The number of fused-ring (bicyclic) bond motifs is 2. The van der Waals surface area contributed by atoms with E-state index in [4.69, 9.17) is 41.0 Å². The van der Waals surface area contributed by atoms with E-state index in [1.165, 1.54) is 0 Å². The number of aromatic nitrogens is 4. The SMILES string of the molecule is Nc1nc(=S)c2ncn([C@H]3C[C@@H]4O[P+](O)(O[C@H]5CSSC[C@@H]5OCc5ccccc5)OC[C@H]4O3)c2[nH]1. The third kappa shape index (κ3) is 5.17. The molecule has 0 aliphatic carbocycles. The fourth-order valence-corrected chi connectivity index (χ4v) is 8.78. The van der Waals surface area contributed by atoms with Gasteiger partial charge in [0.2, 0.25) is 0 Å². The Balaban J connectivity index is 1.12. The Kier molecular flexibility index (Phi) is 7.25. The first-order chi connectivity index (χ1) is 17.5. The molecular weight excluding hydrogens is 545 g/mol. The zero-order valence-corrected chi connectivity index (χ0v) is 22.3. The number of aromatic amines is 1. The number of anilines is 1. The molecule has 15 heteroatoms. The lowest BCUT2D eigenvalue weighted by atomic mass is 10.2. The number of hydrogen-bond donors (Lipinski definition) is 3. The summed E-state index contributed by atoms with van der Waals surface area (Å²) in [7, 11) is -0.154. The van der Waals surface area contributed by atoms with Gasteiger partial charge in [-0.05, 0) is 5.56 Å². The number of imidazole rings is 1. The van der Waals surface area contributed by atoms with Crippen molar-refractivity contribution in [3.8, 4) is 0 Å². The first-order valence-electron chi connectivity index (χ1n) is 11.4. The van der Waals surface area contributed by atoms with E-state index in [1.807, 2.05) is 34.9 Å². The van der Waals surface area contributed by atoms with Crippen molar-refractivity contribution in [3.63, 3.8) is 0 Å². The summed E-state index contributed by atoms with van der Waals surface area (Å²) in [6.07, 6.45) is 0.368. The van der Waals surface area contributed by atoms with Crippen LogP contribution in [0.15, 0.2) is 36.7 Å². The first kappa shape index (κ1) is 25.0. The molecule has 0 bridgehead atoms. The van der Waals surface area contributed by atoms with Crippen LogP contribution in [0.2, 0.25) is 0 Å². The normalized spacial score (nSPS) is 32.5. The highest BCUT2D eigenvalue weighted by molar-refractivity contribution is 8.76. The van der Waals surface area contributed by atoms with Crippen molar-refractivity contribution < 1.29 is 27.9 Å². The average Bonchev–Trinajstić information content (AvgIpc) is 3.47. The van der Waals surface area contributed by atoms with Gasteiger partial charge in [0.1, 0.15) is 42.3 Å². The standard InChI is InChI=1S/C21H24N5O6PS3/c22-21-24-19-18(20(34)25-21)23-11-26(19)17-6-13-14(30-17)8-29-33(27,31-13)32-16-10-36-35-9-15(16)28-7-12-4-2-1-3-5-12/h1-5,11,13-17,27H,6-10H2,(H2-,22,24,25,34)/p+1/t13-,14+,15-,16-,17+,33?/m0/s1. The van der Waals surface area contributed by atoms with Gasteiger partial charge in [0.25, 0.3) is 0 Å². The number of rotatable bonds is 6. The maximum atomic E-state index is 11.2. The van der Waals surface area contributed by atoms with E-state index in [1.54, 1.807) is 27.9 Å². The summed E-state index contributed by atoms with van der Waals surface area (Å²) in [5.74, 6) is 1.60. The van der Waals surface area contributed by atoms with Crippen molar-refractivity contribution in [2.24, 2.45) is 0 Å². The molecule has 36 heavy (non-hydrogen) atoms. The number of benzene rings is 1. The van der Waals surface area contributed by atoms with Crippen LogP contribution in [0.25, 0.3) is 11.2 Å². The van der Waals surface area contributed by atoms with E-state index < -0.39 is 20.5 Å². The summed E-state index contributed by atoms with van der Waals surface area (Å²) in [5, 5.41) is 0. The Bertz CT molecular complexity index is 1280. The molecule has 5 heterocycles. The van der Waals surface area contributed by atoms with E-state index in [9.17, 15) is 4.89 Å². The first-order valence-corrected chi connectivity index (χ1v) is 15.8. The number of nitrogens with zero attached hydrogens (tertiary/aromatic N) is 3. The van der Waals surface area contributed by atoms with Crippen molar-refractivity contribution in [1.82, 2.24) is 19.5 Å². The highest BCUT2D eigenvalue weighted by atomic mass is 33.1. The highest BCUT2D eigenvalue weighted by Crippen LogP contribution is 2.65. The van der Waals surface area contributed by atoms with E-state index in [0.29, 0.717) is 34.6 Å². The summed E-state index contributed by atoms with van der Waals surface area (Å²) in [6, 6.07) is 9.98. The molecule has 3 fully saturated rings. The van der Waals surface area contributed by atoms with Crippen molar-refractivity contribution in [2.75, 3.05) is 23.8 Å². The van der Waals surface area contributed by atoms with Crippen LogP contribution < -0.4 is 5.73 Å². The fraction of sp³-hybridized carbons (Fsp3) is 0.476. The number of H-pyrrole nitrogens is 1. The zero-order valence-electron chi connectivity index (χ0n) is 19.0. The third-order valence-corrected chi connectivity index (χ3v) is 10.4. The lowest BCUT2D eigenvalue weighted by molar-refractivity contribution is -0.0963. The molecule has 0 radical (unpaired) electrons. The molecular formula is C21H25N5O6PS3+. The van der Waals surface area contributed by atoms with Crippen LogP contribution in [-0.4, -0.2) is 66.9 Å². The Labute approximate surface area is 220 Å². The highest BCUT2D eigenvalue weighted by Gasteiger charge is 2.59. The predicted molar refractivity (Wildman–Crippen MR) is 140 cm³/mol. The second-order valence-corrected chi connectivity index (χ2v) is 13.2.